The molecule has 1 unspecified atom stereocenters. The van der Waals surface area contributed by atoms with Crippen molar-refractivity contribution in [3.05, 3.63) is 59.4 Å². The maximum Gasteiger partial charge on any atom is 0.257 e. The first-order valence-electron chi connectivity index (χ1n) is 8.26. The minimum absolute atomic E-state index is 0.0574. The molecule has 132 valence electrons. The summed E-state index contributed by atoms with van der Waals surface area (Å²) in [7, 11) is 0. The second-order valence-corrected chi connectivity index (χ2v) is 6.51. The van der Waals surface area contributed by atoms with E-state index in [1.165, 1.54) is 12.1 Å². The van der Waals surface area contributed by atoms with E-state index >= 15 is 0 Å². The monoisotopic (exact) mass is 362 g/mol. The fraction of sp³-hybridized carbons (Fsp3) is 0.316. The first kappa shape index (κ1) is 17.5. The Balaban J connectivity index is 1.41. The van der Waals surface area contributed by atoms with Gasteiger partial charge in [0.05, 0.1) is 5.02 Å². The number of rotatable bonds is 6. The number of anilines is 1. The number of carbonyl (C=O) groups is 1. The number of carbonyl (C=O) groups excluding carboxylic acids is 1. The van der Waals surface area contributed by atoms with Crippen molar-refractivity contribution >= 4 is 23.2 Å². The third-order valence-corrected chi connectivity index (χ3v) is 4.57. The largest absolute Gasteiger partial charge is 0.482 e. The average Bonchev–Trinajstić information content (AvgIpc) is 3.09. The van der Waals surface area contributed by atoms with Gasteiger partial charge in [0.15, 0.2) is 6.61 Å². The summed E-state index contributed by atoms with van der Waals surface area (Å²) >= 11 is 5.99. The summed E-state index contributed by atoms with van der Waals surface area (Å²) in [6.07, 6.45) is 0.989. The fourth-order valence-corrected chi connectivity index (χ4v) is 3.09. The molecule has 1 N–H and O–H groups in total. The number of para-hydroxylation sites is 1. The van der Waals surface area contributed by atoms with Crippen LogP contribution in [0.3, 0.4) is 0 Å². The molecule has 1 atom stereocenters. The molecule has 1 fully saturated rings. The van der Waals surface area contributed by atoms with Crippen molar-refractivity contribution in [1.29, 1.82) is 0 Å². The van der Waals surface area contributed by atoms with E-state index in [-0.39, 0.29) is 18.3 Å². The smallest absolute Gasteiger partial charge is 0.257 e. The first-order valence-corrected chi connectivity index (χ1v) is 8.64. The van der Waals surface area contributed by atoms with Crippen molar-refractivity contribution in [2.45, 2.75) is 6.42 Å². The highest BCUT2D eigenvalue weighted by atomic mass is 35.5. The molecule has 0 radical (unpaired) electrons. The molecular weight excluding hydrogens is 343 g/mol. The van der Waals surface area contributed by atoms with Gasteiger partial charge in [0.25, 0.3) is 5.91 Å². The Morgan fingerprint density at radius 1 is 1.24 bits per heavy atom. The molecule has 25 heavy (non-hydrogen) atoms. The normalized spacial score (nSPS) is 16.7. The molecular formula is C19H20ClFN2O2. The van der Waals surface area contributed by atoms with Crippen LogP contribution in [0.1, 0.15) is 6.42 Å². The van der Waals surface area contributed by atoms with E-state index in [2.05, 4.69) is 10.2 Å². The summed E-state index contributed by atoms with van der Waals surface area (Å²) in [5, 5.41) is 3.39. The van der Waals surface area contributed by atoms with Crippen molar-refractivity contribution in [3.63, 3.8) is 0 Å². The van der Waals surface area contributed by atoms with Gasteiger partial charge < -0.3 is 15.0 Å². The van der Waals surface area contributed by atoms with Crippen LogP contribution in [0, 0.1) is 11.7 Å². The maximum absolute atomic E-state index is 13.0. The maximum atomic E-state index is 13.0. The van der Waals surface area contributed by atoms with Gasteiger partial charge in [-0.25, -0.2) is 4.39 Å². The van der Waals surface area contributed by atoms with Gasteiger partial charge in [0.2, 0.25) is 0 Å². The lowest BCUT2D eigenvalue weighted by Crippen LogP contribution is -2.34. The van der Waals surface area contributed by atoms with E-state index < -0.39 is 0 Å². The van der Waals surface area contributed by atoms with Crippen molar-refractivity contribution in [2.24, 2.45) is 5.92 Å². The van der Waals surface area contributed by atoms with E-state index in [4.69, 9.17) is 16.3 Å². The van der Waals surface area contributed by atoms with Gasteiger partial charge in [-0.15, -0.1) is 0 Å². The Morgan fingerprint density at radius 2 is 2.00 bits per heavy atom. The molecule has 6 heteroatoms. The van der Waals surface area contributed by atoms with E-state index in [1.807, 2.05) is 12.1 Å². The number of ether oxygens (including phenoxy) is 1. The zero-order valence-corrected chi connectivity index (χ0v) is 14.5. The van der Waals surface area contributed by atoms with Gasteiger partial charge in [-0.3, -0.25) is 4.79 Å². The third-order valence-electron chi connectivity index (χ3n) is 4.26. The van der Waals surface area contributed by atoms with E-state index in [0.29, 0.717) is 23.2 Å². The Hall–Kier alpha value is -2.27. The summed E-state index contributed by atoms with van der Waals surface area (Å²) in [6, 6.07) is 13.6. The Kier molecular flexibility index (Phi) is 5.76. The molecule has 1 amide bonds. The molecule has 0 bridgehead atoms. The lowest BCUT2D eigenvalue weighted by molar-refractivity contribution is -0.123. The van der Waals surface area contributed by atoms with Crippen LogP contribution < -0.4 is 15.0 Å². The molecule has 1 aliphatic heterocycles. The van der Waals surface area contributed by atoms with Crippen LogP contribution in [0.5, 0.6) is 5.75 Å². The highest BCUT2D eigenvalue weighted by Gasteiger charge is 2.23. The summed E-state index contributed by atoms with van der Waals surface area (Å²) in [5.74, 6) is 0.474. The minimum Gasteiger partial charge on any atom is -0.482 e. The van der Waals surface area contributed by atoms with E-state index in [9.17, 15) is 9.18 Å². The number of halogens is 2. The predicted octanol–water partition coefficient (Wildman–Crippen LogP) is 3.50. The summed E-state index contributed by atoms with van der Waals surface area (Å²) in [6.45, 7) is 2.29. The van der Waals surface area contributed by atoms with Gasteiger partial charge in [0.1, 0.15) is 11.6 Å². The van der Waals surface area contributed by atoms with Crippen molar-refractivity contribution < 1.29 is 13.9 Å². The molecule has 4 nitrogen and oxygen atoms in total. The topological polar surface area (TPSA) is 41.6 Å². The van der Waals surface area contributed by atoms with Crippen LogP contribution in [-0.4, -0.2) is 32.1 Å². The number of nitrogens with one attached hydrogen (secondary N) is 1. The number of hydrogen-bond acceptors (Lipinski definition) is 3. The lowest BCUT2D eigenvalue weighted by Gasteiger charge is -2.19. The predicted molar refractivity (Wildman–Crippen MR) is 96.7 cm³/mol. The molecule has 0 aromatic heterocycles. The third kappa shape index (κ3) is 4.86. The van der Waals surface area contributed by atoms with Gasteiger partial charge in [0, 0.05) is 25.3 Å². The summed E-state index contributed by atoms with van der Waals surface area (Å²) in [5.41, 5.74) is 1.01. The van der Waals surface area contributed by atoms with Crippen LogP contribution in [0.15, 0.2) is 48.5 Å². The Morgan fingerprint density at radius 3 is 2.76 bits per heavy atom. The zero-order valence-electron chi connectivity index (χ0n) is 13.8. The molecule has 0 saturated carbocycles. The van der Waals surface area contributed by atoms with Crippen LogP contribution >= 0.6 is 11.6 Å². The van der Waals surface area contributed by atoms with Gasteiger partial charge in [-0.05, 0) is 48.7 Å². The van der Waals surface area contributed by atoms with Crippen LogP contribution in [0.25, 0.3) is 0 Å². The number of amides is 1. The SMILES string of the molecule is O=C(COc1ccccc1Cl)NCC1CCN(c2ccc(F)cc2)C1. The molecule has 1 aliphatic rings. The number of hydrogen-bond donors (Lipinski definition) is 1. The minimum atomic E-state index is -0.231. The van der Waals surface area contributed by atoms with Crippen molar-refractivity contribution in [2.75, 3.05) is 31.1 Å². The van der Waals surface area contributed by atoms with Crippen LogP contribution in [0.4, 0.5) is 10.1 Å². The van der Waals surface area contributed by atoms with Gasteiger partial charge >= 0.3 is 0 Å². The van der Waals surface area contributed by atoms with E-state index in [1.54, 1.807) is 24.3 Å². The second kappa shape index (κ2) is 8.21. The molecule has 1 heterocycles. The standard InChI is InChI=1S/C19H20ClFN2O2/c20-17-3-1-2-4-18(17)25-13-19(24)22-11-14-9-10-23(12-14)16-7-5-15(21)6-8-16/h1-8,14H,9-13H2,(H,22,24). The van der Waals surface area contributed by atoms with E-state index in [0.717, 1.165) is 25.2 Å². The quantitative estimate of drug-likeness (QED) is 0.855. The molecule has 1 saturated heterocycles. The average molecular weight is 363 g/mol. The van der Waals surface area contributed by atoms with Crippen molar-refractivity contribution in [1.82, 2.24) is 5.32 Å². The highest BCUT2D eigenvalue weighted by Crippen LogP contribution is 2.24. The second-order valence-electron chi connectivity index (χ2n) is 6.10. The highest BCUT2D eigenvalue weighted by molar-refractivity contribution is 6.32. The van der Waals surface area contributed by atoms with Crippen molar-refractivity contribution in [3.8, 4) is 5.75 Å². The summed E-state index contributed by atoms with van der Waals surface area (Å²) in [4.78, 5) is 14.1. The first-order chi connectivity index (χ1) is 12.1. The van der Waals surface area contributed by atoms with Crippen LogP contribution in [-0.2, 0) is 4.79 Å². The van der Waals surface area contributed by atoms with Gasteiger partial charge in [-0.1, -0.05) is 23.7 Å². The summed E-state index contributed by atoms with van der Waals surface area (Å²) < 4.78 is 18.4. The van der Waals surface area contributed by atoms with Gasteiger partial charge in [-0.2, -0.15) is 0 Å². The Bertz CT molecular complexity index is 724. The Labute approximate surface area is 151 Å². The molecule has 2 aromatic carbocycles. The molecule has 0 aliphatic carbocycles. The molecule has 2 aromatic rings. The number of nitrogens with zero attached hydrogens (tertiary/aromatic N) is 1. The van der Waals surface area contributed by atoms with Crippen LogP contribution in [0.2, 0.25) is 5.02 Å². The fourth-order valence-electron chi connectivity index (χ4n) is 2.90. The number of benzene rings is 2. The zero-order chi connectivity index (χ0) is 17.6. The molecule has 0 spiro atoms. The molecule has 3 rings (SSSR count). The lowest BCUT2D eigenvalue weighted by atomic mass is 10.1.